The average Bonchev–Trinajstić information content (AvgIpc) is 3.61. The molecule has 14 heteroatoms. The Hall–Kier alpha value is -3.62. The third-order valence-electron chi connectivity index (χ3n) is 9.01. The zero-order chi connectivity index (χ0) is 28.4. The lowest BCUT2D eigenvalue weighted by Gasteiger charge is -2.43. The molecule has 2 fully saturated rings. The van der Waals surface area contributed by atoms with Gasteiger partial charge in [0.15, 0.2) is 5.96 Å². The molecule has 6 rings (SSSR count). The number of aliphatic imine (C=N–C) groups is 1. The standard InChI is InChI=1S/C26H37N9O5/c1-24(2)8-10-40-18-13(5-3-6-14(18)24)20(36)32-17-12-35-23(28)31-16(11-30-21(37)15-7-4-9-29-15)19-25(35,26(17,38)39)34-22(27)33-19/h3,5-6,15-17,19,29,38-39H,4,7-12H2,1-2H3,(H7,27,28,30,31,32,33,34,36,37)/p+1/t15-,16-,17?,19-,25-/m0/s1. The molecule has 40 heavy (non-hydrogen) atoms. The molecule has 5 aliphatic heterocycles. The van der Waals surface area contributed by atoms with Crippen LogP contribution in [-0.4, -0.2) is 100 Å². The monoisotopic (exact) mass is 556 g/mol. The molecule has 1 unspecified atom stereocenters. The van der Waals surface area contributed by atoms with Crippen molar-refractivity contribution in [2.24, 2.45) is 16.5 Å². The summed E-state index contributed by atoms with van der Waals surface area (Å²) in [5.41, 5.74) is 11.9. The van der Waals surface area contributed by atoms with E-state index in [-0.39, 0.29) is 42.4 Å². The van der Waals surface area contributed by atoms with Gasteiger partial charge in [-0.25, -0.2) is 9.57 Å². The van der Waals surface area contributed by atoms with Crippen LogP contribution in [-0.2, 0) is 10.2 Å². The second-order valence-corrected chi connectivity index (χ2v) is 11.9. The third kappa shape index (κ3) is 3.88. The minimum Gasteiger partial charge on any atom is -0.492 e. The molecule has 0 radical (unpaired) electrons. The van der Waals surface area contributed by atoms with E-state index >= 15 is 0 Å². The van der Waals surface area contributed by atoms with E-state index in [0.29, 0.717) is 17.9 Å². The van der Waals surface area contributed by atoms with Crippen molar-refractivity contribution in [3.8, 4) is 5.75 Å². The van der Waals surface area contributed by atoms with E-state index in [1.165, 1.54) is 4.58 Å². The van der Waals surface area contributed by atoms with Crippen LogP contribution in [0.4, 0.5) is 0 Å². The van der Waals surface area contributed by atoms with E-state index < -0.39 is 35.5 Å². The Morgan fingerprint density at radius 3 is 2.83 bits per heavy atom. The van der Waals surface area contributed by atoms with Gasteiger partial charge in [0.25, 0.3) is 5.91 Å². The largest absolute Gasteiger partial charge is 0.492 e. The van der Waals surface area contributed by atoms with Crippen molar-refractivity contribution in [2.75, 3.05) is 26.2 Å². The number of guanidine groups is 2. The number of fused-ring (bicyclic) bond motifs is 1. The molecule has 5 heterocycles. The average molecular weight is 557 g/mol. The maximum Gasteiger partial charge on any atom is 0.346 e. The fraction of sp³-hybridized carbons (Fsp3) is 0.615. The van der Waals surface area contributed by atoms with Crippen molar-refractivity contribution >= 4 is 23.7 Å². The van der Waals surface area contributed by atoms with Gasteiger partial charge in [-0.2, -0.15) is 0 Å². The van der Waals surface area contributed by atoms with Crippen LogP contribution in [0.2, 0.25) is 0 Å². The zero-order valence-electron chi connectivity index (χ0n) is 22.7. The van der Waals surface area contributed by atoms with Gasteiger partial charge in [0, 0.05) is 5.56 Å². The van der Waals surface area contributed by atoms with E-state index in [1.54, 1.807) is 12.1 Å². The highest BCUT2D eigenvalue weighted by Gasteiger charge is 2.75. The van der Waals surface area contributed by atoms with Crippen LogP contribution in [0.3, 0.4) is 0 Å². The van der Waals surface area contributed by atoms with Gasteiger partial charge >= 0.3 is 5.96 Å². The molecule has 5 atom stereocenters. The first-order chi connectivity index (χ1) is 19.0. The molecule has 1 aromatic carbocycles. The summed E-state index contributed by atoms with van der Waals surface area (Å²) >= 11 is 0. The second kappa shape index (κ2) is 9.21. The predicted molar refractivity (Wildman–Crippen MR) is 145 cm³/mol. The Balaban J connectivity index is 1.26. The number of nitrogens with two attached hydrogens (primary N) is 2. The van der Waals surface area contributed by atoms with Crippen LogP contribution < -0.4 is 42.8 Å². The third-order valence-corrected chi connectivity index (χ3v) is 9.01. The number of ether oxygens (including phenoxy) is 1. The number of rotatable bonds is 5. The van der Waals surface area contributed by atoms with Gasteiger partial charge in [-0.05, 0) is 37.3 Å². The molecule has 0 bridgehead atoms. The van der Waals surface area contributed by atoms with Gasteiger partial charge in [0.1, 0.15) is 23.9 Å². The number of para-hydroxylation sites is 1. The maximum absolute atomic E-state index is 13.6. The molecule has 0 aliphatic carbocycles. The van der Waals surface area contributed by atoms with Gasteiger partial charge in [-0.15, -0.1) is 0 Å². The minimum atomic E-state index is -2.56. The lowest BCUT2D eigenvalue weighted by atomic mass is 9.79. The summed E-state index contributed by atoms with van der Waals surface area (Å²) in [4.78, 5) is 30.7. The normalized spacial score (nSPS) is 33.0. The fourth-order valence-corrected chi connectivity index (χ4v) is 6.75. The minimum absolute atomic E-state index is 0.00695. The Bertz CT molecular complexity index is 1310. The number of carbonyl (C=O) groups excluding carboxylic acids is 2. The maximum atomic E-state index is 13.6. The molecule has 11 N–H and O–H groups in total. The first-order valence-corrected chi connectivity index (χ1v) is 13.8. The molecule has 1 spiro atoms. The summed E-state index contributed by atoms with van der Waals surface area (Å²) in [6, 6.07) is 2.47. The highest BCUT2D eigenvalue weighted by molar-refractivity contribution is 5.98. The molecular weight excluding hydrogens is 518 g/mol. The summed E-state index contributed by atoms with van der Waals surface area (Å²) in [7, 11) is 0. The highest BCUT2D eigenvalue weighted by Crippen LogP contribution is 2.43. The molecule has 0 aromatic heterocycles. The molecule has 14 nitrogen and oxygen atoms in total. The summed E-state index contributed by atoms with van der Waals surface area (Å²) in [5, 5.41) is 38.4. The summed E-state index contributed by atoms with van der Waals surface area (Å²) in [6.07, 6.45) is 2.49. The SMILES string of the molecule is CC1(C)CCOc2c(C(=O)NC3C[N+]4=C(N)N[C@@H](CNC(=O)[C@@H]5CCCN5)[C@@H]5N=C(N)N[C@@]54C3(O)O)cccc21. The van der Waals surface area contributed by atoms with Crippen LogP contribution >= 0.6 is 0 Å². The number of aliphatic hydroxyl groups is 2. The zero-order valence-corrected chi connectivity index (χ0v) is 22.7. The molecule has 2 amide bonds. The van der Waals surface area contributed by atoms with E-state index in [1.807, 2.05) is 6.07 Å². The number of nitrogens with zero attached hydrogens (tertiary/aromatic N) is 2. The van der Waals surface area contributed by atoms with Crippen LogP contribution in [0.15, 0.2) is 23.2 Å². The van der Waals surface area contributed by atoms with Crippen molar-refractivity contribution in [3.63, 3.8) is 0 Å². The van der Waals surface area contributed by atoms with Gasteiger partial charge in [0.2, 0.25) is 17.4 Å². The van der Waals surface area contributed by atoms with Crippen molar-refractivity contribution < 1.29 is 29.1 Å². The quantitative estimate of drug-likeness (QED) is 0.130. The van der Waals surface area contributed by atoms with Gasteiger partial charge in [-0.1, -0.05) is 26.0 Å². The van der Waals surface area contributed by atoms with Crippen LogP contribution in [0.25, 0.3) is 0 Å². The van der Waals surface area contributed by atoms with E-state index in [0.717, 1.165) is 31.4 Å². The molecule has 2 saturated heterocycles. The predicted octanol–water partition coefficient (Wildman–Crippen LogP) is -3.31. The first kappa shape index (κ1) is 26.6. The van der Waals surface area contributed by atoms with Gasteiger partial charge in [0.05, 0.1) is 31.3 Å². The summed E-state index contributed by atoms with van der Waals surface area (Å²) in [5.74, 6) is -2.59. The number of hydrogen-bond donors (Lipinski definition) is 9. The molecule has 216 valence electrons. The molecule has 0 saturated carbocycles. The number of amides is 2. The number of nitrogens with one attached hydrogen (secondary N) is 5. The van der Waals surface area contributed by atoms with Crippen LogP contribution in [0, 0.1) is 0 Å². The Morgan fingerprint density at radius 2 is 2.08 bits per heavy atom. The van der Waals surface area contributed by atoms with Crippen molar-refractivity contribution in [1.82, 2.24) is 26.6 Å². The lowest BCUT2D eigenvalue weighted by Crippen LogP contribution is -2.79. The summed E-state index contributed by atoms with van der Waals surface area (Å²) < 4.78 is 7.43. The van der Waals surface area contributed by atoms with Crippen molar-refractivity contribution in [2.45, 2.75) is 74.1 Å². The first-order valence-electron chi connectivity index (χ1n) is 13.8. The number of hydrogen-bond acceptors (Lipinski definition) is 11. The van der Waals surface area contributed by atoms with Gasteiger partial charge < -0.3 is 42.0 Å². The molecule has 5 aliphatic rings. The number of benzene rings is 1. The highest BCUT2D eigenvalue weighted by atomic mass is 16.5. The van der Waals surface area contributed by atoms with Crippen molar-refractivity contribution in [1.29, 1.82) is 0 Å². The van der Waals surface area contributed by atoms with E-state index in [2.05, 4.69) is 45.4 Å². The number of carbonyl (C=O) groups is 2. The second-order valence-electron chi connectivity index (χ2n) is 11.9. The Kier molecular flexibility index (Phi) is 6.12. The van der Waals surface area contributed by atoms with E-state index in [9.17, 15) is 19.8 Å². The topological polar surface area (TPSA) is 211 Å². The van der Waals surface area contributed by atoms with E-state index in [4.69, 9.17) is 16.2 Å². The van der Waals surface area contributed by atoms with Crippen molar-refractivity contribution in [3.05, 3.63) is 29.3 Å². The van der Waals surface area contributed by atoms with Crippen LogP contribution in [0.1, 0.15) is 49.0 Å². The molecular formula is C26H38N9O5+. The molecule has 1 aromatic rings. The van der Waals surface area contributed by atoms with Crippen LogP contribution in [0.5, 0.6) is 5.75 Å². The fourth-order valence-electron chi connectivity index (χ4n) is 6.75. The van der Waals surface area contributed by atoms with Gasteiger partial charge in [-0.3, -0.25) is 20.6 Å². The lowest BCUT2D eigenvalue weighted by molar-refractivity contribution is -0.623. The smallest absolute Gasteiger partial charge is 0.346 e. The Morgan fingerprint density at radius 1 is 1.27 bits per heavy atom. The Labute approximate surface area is 231 Å². The summed E-state index contributed by atoms with van der Waals surface area (Å²) in [6.45, 7) is 5.53.